The van der Waals surface area contributed by atoms with Crippen LogP contribution in [0.15, 0.2) is 30.3 Å². The molecule has 1 aliphatic rings. The van der Waals surface area contributed by atoms with E-state index in [9.17, 15) is 4.79 Å². The molecule has 2 rings (SSSR count). The highest BCUT2D eigenvalue weighted by Gasteiger charge is 2.37. The number of hydrogen-bond acceptors (Lipinski definition) is 3. The number of hydrogen-bond donors (Lipinski definition) is 1. The third-order valence-electron chi connectivity index (χ3n) is 3.39. The van der Waals surface area contributed by atoms with Crippen molar-refractivity contribution >= 4 is 5.97 Å². The first-order valence-corrected chi connectivity index (χ1v) is 6.06. The summed E-state index contributed by atoms with van der Waals surface area (Å²) in [7, 11) is 1.43. The van der Waals surface area contributed by atoms with Crippen LogP contribution < -0.4 is 5.32 Å². The summed E-state index contributed by atoms with van der Waals surface area (Å²) >= 11 is 0. The molecule has 3 heteroatoms. The first kappa shape index (κ1) is 12.1. The Bertz CT molecular complexity index is 386. The zero-order chi connectivity index (χ0) is 12.3. The number of benzene rings is 1. The molecule has 3 nitrogen and oxygen atoms in total. The zero-order valence-electron chi connectivity index (χ0n) is 10.4. The van der Waals surface area contributed by atoms with Crippen molar-refractivity contribution in [3.8, 4) is 0 Å². The standard InChI is InChI=1S/C14H19NO2/c1-14(13(16)17-2,15-10-11-8-9-11)12-6-4-3-5-7-12/h3-7,11,15H,8-10H2,1-2H3. The molecule has 1 N–H and O–H groups in total. The summed E-state index contributed by atoms with van der Waals surface area (Å²) in [5.74, 6) is 0.493. The van der Waals surface area contributed by atoms with Gasteiger partial charge in [0.1, 0.15) is 5.54 Å². The van der Waals surface area contributed by atoms with Crippen molar-refractivity contribution in [3.63, 3.8) is 0 Å². The molecule has 1 aromatic carbocycles. The first-order chi connectivity index (χ1) is 8.16. The minimum absolute atomic E-state index is 0.232. The fourth-order valence-corrected chi connectivity index (χ4v) is 1.94. The van der Waals surface area contributed by atoms with Gasteiger partial charge in [-0.1, -0.05) is 30.3 Å². The normalized spacial score (nSPS) is 18.5. The average molecular weight is 233 g/mol. The minimum Gasteiger partial charge on any atom is -0.467 e. The molecule has 1 aliphatic carbocycles. The maximum atomic E-state index is 12.0. The van der Waals surface area contributed by atoms with Crippen molar-refractivity contribution < 1.29 is 9.53 Å². The summed E-state index contributed by atoms with van der Waals surface area (Å²) in [6.07, 6.45) is 2.53. The topological polar surface area (TPSA) is 38.3 Å². The molecule has 0 aliphatic heterocycles. The van der Waals surface area contributed by atoms with Gasteiger partial charge in [-0.15, -0.1) is 0 Å². The second-order valence-corrected chi connectivity index (χ2v) is 4.81. The van der Waals surface area contributed by atoms with E-state index < -0.39 is 5.54 Å². The van der Waals surface area contributed by atoms with Gasteiger partial charge in [0.15, 0.2) is 0 Å². The lowest BCUT2D eigenvalue weighted by atomic mass is 9.92. The molecule has 17 heavy (non-hydrogen) atoms. The predicted octanol–water partition coefficient (Wildman–Crippen LogP) is 2.07. The molecule has 0 heterocycles. The van der Waals surface area contributed by atoms with Gasteiger partial charge in [-0.05, 0) is 37.8 Å². The van der Waals surface area contributed by atoms with Crippen molar-refractivity contribution in [2.45, 2.75) is 25.3 Å². The maximum Gasteiger partial charge on any atom is 0.330 e. The van der Waals surface area contributed by atoms with Crippen LogP contribution in [-0.2, 0) is 15.1 Å². The Morgan fingerprint density at radius 3 is 2.59 bits per heavy atom. The Hall–Kier alpha value is -1.35. The monoisotopic (exact) mass is 233 g/mol. The van der Waals surface area contributed by atoms with E-state index in [-0.39, 0.29) is 5.97 Å². The smallest absolute Gasteiger partial charge is 0.330 e. The molecule has 1 aromatic rings. The van der Waals surface area contributed by atoms with E-state index in [1.807, 2.05) is 37.3 Å². The molecule has 0 bridgehead atoms. The highest BCUT2D eigenvalue weighted by atomic mass is 16.5. The van der Waals surface area contributed by atoms with Gasteiger partial charge in [0.2, 0.25) is 0 Å². The second kappa shape index (κ2) is 4.88. The molecule has 1 saturated carbocycles. The van der Waals surface area contributed by atoms with Crippen molar-refractivity contribution in [1.29, 1.82) is 0 Å². The first-order valence-electron chi connectivity index (χ1n) is 6.06. The maximum absolute atomic E-state index is 12.0. The van der Waals surface area contributed by atoms with Crippen LogP contribution in [0, 0.1) is 5.92 Å². The summed E-state index contributed by atoms with van der Waals surface area (Å²) in [5, 5.41) is 3.35. The third-order valence-corrected chi connectivity index (χ3v) is 3.39. The minimum atomic E-state index is -0.737. The molecule has 0 saturated heterocycles. The second-order valence-electron chi connectivity index (χ2n) is 4.81. The highest BCUT2D eigenvalue weighted by molar-refractivity contribution is 5.82. The van der Waals surface area contributed by atoms with E-state index in [1.165, 1.54) is 20.0 Å². The Kier molecular flexibility index (Phi) is 3.48. The van der Waals surface area contributed by atoms with Crippen LogP contribution in [0.3, 0.4) is 0 Å². The van der Waals surface area contributed by atoms with Gasteiger partial charge in [0, 0.05) is 0 Å². The Morgan fingerprint density at radius 2 is 2.06 bits per heavy atom. The van der Waals surface area contributed by atoms with E-state index in [2.05, 4.69) is 5.32 Å². The quantitative estimate of drug-likeness (QED) is 0.791. The van der Waals surface area contributed by atoms with Crippen LogP contribution in [0.5, 0.6) is 0 Å². The molecule has 0 radical (unpaired) electrons. The molecule has 0 aromatic heterocycles. The molecule has 92 valence electrons. The van der Waals surface area contributed by atoms with Gasteiger partial charge in [0.25, 0.3) is 0 Å². The van der Waals surface area contributed by atoms with Crippen molar-refractivity contribution in [3.05, 3.63) is 35.9 Å². The van der Waals surface area contributed by atoms with Gasteiger partial charge in [-0.2, -0.15) is 0 Å². The predicted molar refractivity (Wildman–Crippen MR) is 66.5 cm³/mol. The lowest BCUT2D eigenvalue weighted by molar-refractivity contribution is -0.148. The lowest BCUT2D eigenvalue weighted by Gasteiger charge is -2.28. The number of carbonyl (C=O) groups excluding carboxylic acids is 1. The molecule has 1 atom stereocenters. The molecule has 0 amide bonds. The number of nitrogens with one attached hydrogen (secondary N) is 1. The summed E-state index contributed by atoms with van der Waals surface area (Å²) in [6.45, 7) is 2.76. The summed E-state index contributed by atoms with van der Waals surface area (Å²) in [6, 6.07) is 9.74. The van der Waals surface area contributed by atoms with Crippen LogP contribution in [0.4, 0.5) is 0 Å². The SMILES string of the molecule is COC(=O)C(C)(NCC1CC1)c1ccccc1. The summed E-state index contributed by atoms with van der Waals surface area (Å²) < 4.78 is 4.92. The van der Waals surface area contributed by atoms with Crippen molar-refractivity contribution in [1.82, 2.24) is 5.32 Å². The van der Waals surface area contributed by atoms with Crippen LogP contribution in [0.1, 0.15) is 25.3 Å². The van der Waals surface area contributed by atoms with Crippen LogP contribution in [0.2, 0.25) is 0 Å². The van der Waals surface area contributed by atoms with Crippen LogP contribution in [0.25, 0.3) is 0 Å². The number of carbonyl (C=O) groups is 1. The molecular weight excluding hydrogens is 214 g/mol. The number of methoxy groups -OCH3 is 1. The third kappa shape index (κ3) is 2.67. The molecular formula is C14H19NO2. The Labute approximate surface area is 102 Å². The van der Waals surface area contributed by atoms with Crippen LogP contribution in [-0.4, -0.2) is 19.6 Å². The fraction of sp³-hybridized carbons (Fsp3) is 0.500. The Balaban J connectivity index is 2.18. The molecule has 0 spiro atoms. The largest absolute Gasteiger partial charge is 0.467 e. The van der Waals surface area contributed by atoms with E-state index in [0.717, 1.165) is 18.0 Å². The van der Waals surface area contributed by atoms with Crippen molar-refractivity contribution in [2.75, 3.05) is 13.7 Å². The van der Waals surface area contributed by atoms with Gasteiger partial charge >= 0.3 is 5.97 Å². The van der Waals surface area contributed by atoms with Gasteiger partial charge < -0.3 is 4.74 Å². The number of rotatable bonds is 5. The fourth-order valence-electron chi connectivity index (χ4n) is 1.94. The lowest BCUT2D eigenvalue weighted by Crippen LogP contribution is -2.48. The molecule has 1 unspecified atom stereocenters. The van der Waals surface area contributed by atoms with Gasteiger partial charge in [-0.3, -0.25) is 5.32 Å². The zero-order valence-corrected chi connectivity index (χ0v) is 10.4. The van der Waals surface area contributed by atoms with E-state index in [0.29, 0.717) is 0 Å². The van der Waals surface area contributed by atoms with Gasteiger partial charge in [0.05, 0.1) is 7.11 Å². The van der Waals surface area contributed by atoms with E-state index in [1.54, 1.807) is 0 Å². The highest BCUT2D eigenvalue weighted by Crippen LogP contribution is 2.30. The average Bonchev–Trinajstić information content (AvgIpc) is 3.20. The molecule has 1 fully saturated rings. The number of esters is 1. The summed E-state index contributed by atoms with van der Waals surface area (Å²) in [5.41, 5.74) is 0.214. The van der Waals surface area contributed by atoms with E-state index in [4.69, 9.17) is 4.74 Å². The summed E-state index contributed by atoms with van der Waals surface area (Å²) in [4.78, 5) is 12.0. The van der Waals surface area contributed by atoms with E-state index >= 15 is 0 Å². The van der Waals surface area contributed by atoms with Crippen molar-refractivity contribution in [2.24, 2.45) is 5.92 Å². The van der Waals surface area contributed by atoms with Crippen LogP contribution >= 0.6 is 0 Å². The van der Waals surface area contributed by atoms with Gasteiger partial charge in [-0.25, -0.2) is 4.79 Å². The number of ether oxygens (including phenoxy) is 1. The Morgan fingerprint density at radius 1 is 1.41 bits per heavy atom.